The molecule has 0 aliphatic heterocycles. The van der Waals surface area contributed by atoms with Crippen molar-refractivity contribution in [2.45, 2.75) is 0 Å². The SMILES string of the molecule is S=c1[nH]c2ncncc2n1S. The van der Waals surface area contributed by atoms with Gasteiger partial charge in [-0.15, -0.1) is 0 Å². The maximum Gasteiger partial charge on any atom is 0.189 e. The van der Waals surface area contributed by atoms with Crippen LogP contribution in [0, 0.1) is 4.77 Å². The number of imidazole rings is 1. The molecule has 11 heavy (non-hydrogen) atoms. The Morgan fingerprint density at radius 1 is 1.64 bits per heavy atom. The van der Waals surface area contributed by atoms with E-state index in [4.69, 9.17) is 12.2 Å². The second-order valence-corrected chi connectivity index (χ2v) is 2.79. The summed E-state index contributed by atoms with van der Waals surface area (Å²) in [5.41, 5.74) is 1.50. The van der Waals surface area contributed by atoms with Crippen molar-refractivity contribution in [3.63, 3.8) is 0 Å². The van der Waals surface area contributed by atoms with E-state index in [-0.39, 0.29) is 0 Å². The molecular weight excluding hydrogens is 180 g/mol. The number of nitrogens with one attached hydrogen (secondary N) is 1. The summed E-state index contributed by atoms with van der Waals surface area (Å²) in [6, 6.07) is 0. The maximum absolute atomic E-state index is 4.92. The van der Waals surface area contributed by atoms with Crippen molar-refractivity contribution in [1.29, 1.82) is 0 Å². The monoisotopic (exact) mass is 184 g/mol. The van der Waals surface area contributed by atoms with Crippen LogP contribution < -0.4 is 0 Å². The number of thiol groups is 1. The fourth-order valence-electron chi connectivity index (χ4n) is 0.837. The first kappa shape index (κ1) is 6.81. The number of aromatic amines is 1. The lowest BCUT2D eigenvalue weighted by atomic mass is 10.6. The van der Waals surface area contributed by atoms with E-state index in [1.54, 1.807) is 6.20 Å². The fourth-order valence-corrected chi connectivity index (χ4v) is 1.23. The lowest BCUT2D eigenvalue weighted by Gasteiger charge is -1.87. The minimum absolute atomic E-state index is 0.531. The van der Waals surface area contributed by atoms with Crippen LogP contribution in [0.5, 0.6) is 0 Å². The van der Waals surface area contributed by atoms with E-state index >= 15 is 0 Å². The summed E-state index contributed by atoms with van der Waals surface area (Å²) >= 11 is 9.03. The van der Waals surface area contributed by atoms with Gasteiger partial charge in [-0.05, 0) is 12.2 Å². The third-order valence-electron chi connectivity index (χ3n) is 1.34. The Kier molecular flexibility index (Phi) is 1.43. The smallest absolute Gasteiger partial charge is 0.189 e. The molecule has 0 saturated carbocycles. The van der Waals surface area contributed by atoms with Crippen LogP contribution in [-0.2, 0) is 0 Å². The zero-order chi connectivity index (χ0) is 7.84. The van der Waals surface area contributed by atoms with Crippen LogP contribution in [0.25, 0.3) is 11.2 Å². The Hall–Kier alpha value is -0.880. The van der Waals surface area contributed by atoms with Gasteiger partial charge in [0.25, 0.3) is 0 Å². The number of nitrogens with zero attached hydrogens (tertiary/aromatic N) is 3. The van der Waals surface area contributed by atoms with E-state index in [9.17, 15) is 0 Å². The molecule has 2 aromatic rings. The van der Waals surface area contributed by atoms with Crippen molar-refractivity contribution in [3.8, 4) is 0 Å². The predicted molar refractivity (Wildman–Crippen MR) is 47.1 cm³/mol. The number of fused-ring (bicyclic) bond motifs is 1. The summed E-state index contributed by atoms with van der Waals surface area (Å²) in [6.45, 7) is 0. The number of rotatable bonds is 0. The Labute approximate surface area is 72.8 Å². The molecule has 0 aliphatic rings. The van der Waals surface area contributed by atoms with Crippen LogP contribution in [0.15, 0.2) is 12.5 Å². The summed E-state index contributed by atoms with van der Waals surface area (Å²) in [5, 5.41) is 0. The molecule has 4 nitrogen and oxygen atoms in total. The normalized spacial score (nSPS) is 10.6. The van der Waals surface area contributed by atoms with Gasteiger partial charge in [0.15, 0.2) is 10.4 Å². The van der Waals surface area contributed by atoms with E-state index in [1.165, 1.54) is 10.3 Å². The van der Waals surface area contributed by atoms with Crippen molar-refractivity contribution in [2.75, 3.05) is 0 Å². The molecule has 0 aromatic carbocycles. The Morgan fingerprint density at radius 2 is 2.45 bits per heavy atom. The van der Waals surface area contributed by atoms with Gasteiger partial charge in [0.05, 0.1) is 6.20 Å². The molecule has 0 unspecified atom stereocenters. The average molecular weight is 184 g/mol. The second kappa shape index (κ2) is 2.31. The molecule has 0 spiro atoms. The Morgan fingerprint density at radius 3 is 3.18 bits per heavy atom. The lowest BCUT2D eigenvalue weighted by molar-refractivity contribution is 1.20. The lowest BCUT2D eigenvalue weighted by Crippen LogP contribution is -1.80. The highest BCUT2D eigenvalue weighted by Crippen LogP contribution is 2.09. The first-order valence-electron chi connectivity index (χ1n) is 2.89. The van der Waals surface area contributed by atoms with Gasteiger partial charge >= 0.3 is 0 Å². The van der Waals surface area contributed by atoms with Crippen molar-refractivity contribution in [2.24, 2.45) is 0 Å². The summed E-state index contributed by atoms with van der Waals surface area (Å²) in [4.78, 5) is 10.7. The number of aromatic nitrogens is 4. The molecule has 0 bridgehead atoms. The Bertz CT molecular complexity index is 443. The topological polar surface area (TPSA) is 46.5 Å². The fraction of sp³-hybridized carbons (Fsp3) is 0. The third-order valence-corrected chi connectivity index (χ3v) is 2.17. The molecule has 0 amide bonds. The summed E-state index contributed by atoms with van der Waals surface area (Å²) < 4.78 is 2.06. The molecule has 0 atom stereocenters. The molecule has 0 radical (unpaired) electrons. The minimum Gasteiger partial charge on any atom is -0.314 e. The zero-order valence-electron chi connectivity index (χ0n) is 5.35. The minimum atomic E-state index is 0.531. The number of hydrogen-bond donors (Lipinski definition) is 2. The quantitative estimate of drug-likeness (QED) is 0.477. The van der Waals surface area contributed by atoms with Crippen molar-refractivity contribution in [3.05, 3.63) is 17.3 Å². The summed E-state index contributed by atoms with van der Waals surface area (Å²) in [7, 11) is 0. The molecule has 2 aromatic heterocycles. The highest BCUT2D eigenvalue weighted by molar-refractivity contribution is 7.79. The van der Waals surface area contributed by atoms with Gasteiger partial charge < -0.3 is 4.98 Å². The first-order chi connectivity index (χ1) is 5.29. The van der Waals surface area contributed by atoms with Gasteiger partial charge in [0, 0.05) is 0 Å². The van der Waals surface area contributed by atoms with Gasteiger partial charge in [0.1, 0.15) is 11.8 Å². The molecule has 2 rings (SSSR count). The van der Waals surface area contributed by atoms with Gasteiger partial charge in [-0.25, -0.2) is 9.97 Å². The van der Waals surface area contributed by atoms with Gasteiger partial charge in [-0.1, -0.05) is 12.8 Å². The van der Waals surface area contributed by atoms with E-state index in [0.717, 1.165) is 5.52 Å². The molecule has 1 N–H and O–H groups in total. The van der Waals surface area contributed by atoms with Crippen LogP contribution in [0.3, 0.4) is 0 Å². The van der Waals surface area contributed by atoms with Crippen molar-refractivity contribution < 1.29 is 0 Å². The second-order valence-electron chi connectivity index (χ2n) is 2.00. The average Bonchev–Trinajstić information content (AvgIpc) is 2.30. The highest BCUT2D eigenvalue weighted by Gasteiger charge is 1.99. The van der Waals surface area contributed by atoms with Crippen LogP contribution in [0.1, 0.15) is 0 Å². The molecule has 2 heterocycles. The molecule has 56 valence electrons. The van der Waals surface area contributed by atoms with Crippen LogP contribution in [0.2, 0.25) is 0 Å². The van der Waals surface area contributed by atoms with Crippen LogP contribution in [-0.4, -0.2) is 18.9 Å². The van der Waals surface area contributed by atoms with E-state index < -0.39 is 0 Å². The molecule has 0 aliphatic carbocycles. The van der Waals surface area contributed by atoms with Gasteiger partial charge in [0.2, 0.25) is 0 Å². The first-order valence-corrected chi connectivity index (χ1v) is 3.70. The number of hydrogen-bond acceptors (Lipinski definition) is 4. The molecule has 0 saturated heterocycles. The zero-order valence-corrected chi connectivity index (χ0v) is 7.06. The van der Waals surface area contributed by atoms with Crippen molar-refractivity contribution >= 4 is 36.2 Å². The molecule has 6 heteroatoms. The van der Waals surface area contributed by atoms with Gasteiger partial charge in [-0.2, -0.15) is 0 Å². The van der Waals surface area contributed by atoms with Crippen molar-refractivity contribution in [1.82, 2.24) is 18.9 Å². The summed E-state index contributed by atoms with van der Waals surface area (Å²) in [5.74, 6) is 0. The molecular formula is C5H4N4S2. The van der Waals surface area contributed by atoms with E-state index in [2.05, 4.69) is 27.8 Å². The van der Waals surface area contributed by atoms with Crippen LogP contribution >= 0.6 is 25.0 Å². The maximum atomic E-state index is 4.92. The van der Waals surface area contributed by atoms with Gasteiger partial charge in [-0.3, -0.25) is 3.97 Å². The molecule has 0 fully saturated rings. The van der Waals surface area contributed by atoms with Crippen LogP contribution in [0.4, 0.5) is 0 Å². The van der Waals surface area contributed by atoms with E-state index in [0.29, 0.717) is 10.4 Å². The summed E-state index contributed by atoms with van der Waals surface area (Å²) in [6.07, 6.45) is 3.11. The van der Waals surface area contributed by atoms with E-state index in [1.807, 2.05) is 0 Å². The number of H-pyrrole nitrogens is 1. The Balaban J connectivity index is 3.04. The standard InChI is InChI=1S/C5H4N4S2/c10-5-8-4-3(9(5)11)1-6-2-7-4/h1-2,11H,(H,6,7,8,10). The largest absolute Gasteiger partial charge is 0.314 e. The highest BCUT2D eigenvalue weighted by atomic mass is 32.1. The third kappa shape index (κ3) is 0.945. The predicted octanol–water partition coefficient (Wildman–Crippen LogP) is 1.18.